The van der Waals surface area contributed by atoms with Crippen LogP contribution < -0.4 is 21.3 Å². The van der Waals surface area contributed by atoms with E-state index >= 15 is 0 Å². The predicted octanol–water partition coefficient (Wildman–Crippen LogP) is 1.67. The number of ketones is 1. The second-order valence-corrected chi connectivity index (χ2v) is 13.6. The Morgan fingerprint density at radius 2 is 1.33 bits per heavy atom. The Labute approximate surface area is 234 Å². The molecule has 1 aliphatic carbocycles. The largest absolute Gasteiger partial charge is 0.347 e. The van der Waals surface area contributed by atoms with Crippen LogP contribution in [-0.4, -0.2) is 85.2 Å². The Bertz CT molecular complexity index is 894. The van der Waals surface area contributed by atoms with Gasteiger partial charge in [0.25, 0.3) is 5.91 Å². The summed E-state index contributed by atoms with van der Waals surface area (Å²) in [5.41, 5.74) is -0.590. The Morgan fingerprint density at radius 1 is 0.769 bits per heavy atom. The minimum atomic E-state index is -1.01. The average molecular weight is 551 g/mol. The third-order valence-corrected chi connectivity index (χ3v) is 8.11. The summed E-state index contributed by atoms with van der Waals surface area (Å²) in [6, 6.07) is -2.83. The first-order valence-electron chi connectivity index (χ1n) is 14.6. The third kappa shape index (κ3) is 9.89. The molecule has 0 spiro atoms. The number of nitrogens with zero attached hydrogens (tertiary/aromatic N) is 1. The van der Waals surface area contributed by atoms with Crippen LogP contribution in [0.4, 0.5) is 0 Å². The predicted molar refractivity (Wildman–Crippen MR) is 150 cm³/mol. The lowest BCUT2D eigenvalue weighted by Crippen LogP contribution is -2.60. The highest BCUT2D eigenvalue weighted by atomic mass is 16.2. The Kier molecular flexibility index (Phi) is 11.5. The maximum Gasteiger partial charge on any atom is 0.289 e. The second-order valence-electron chi connectivity index (χ2n) is 13.6. The van der Waals surface area contributed by atoms with Gasteiger partial charge in [-0.25, -0.2) is 0 Å². The fourth-order valence-electron chi connectivity index (χ4n) is 5.28. The van der Waals surface area contributed by atoms with Gasteiger partial charge in [-0.15, -0.1) is 0 Å². The summed E-state index contributed by atoms with van der Waals surface area (Å²) < 4.78 is 0.877. The normalized spacial score (nSPS) is 20.8. The Balaban J connectivity index is 1.99. The van der Waals surface area contributed by atoms with E-state index in [1.54, 1.807) is 13.8 Å². The molecule has 0 aromatic carbocycles. The summed E-state index contributed by atoms with van der Waals surface area (Å²) in [6.07, 6.45) is 6.40. The van der Waals surface area contributed by atoms with Gasteiger partial charge in [-0.2, -0.15) is 0 Å². The summed E-state index contributed by atoms with van der Waals surface area (Å²) in [4.78, 5) is 64.9. The number of hydrogen-bond donors (Lipinski definition) is 4. The molecule has 0 bridgehead atoms. The van der Waals surface area contributed by atoms with E-state index in [-0.39, 0.29) is 23.8 Å². The number of likely N-dealkylation sites (tertiary alicyclic amines) is 1. The van der Waals surface area contributed by atoms with Gasteiger partial charge in [-0.3, -0.25) is 24.0 Å². The fraction of sp³-hybridized carbons (Fsp3) is 0.828. The molecule has 1 saturated heterocycles. The quantitative estimate of drug-likeness (QED) is 0.243. The molecule has 0 aromatic heterocycles. The molecule has 222 valence electrons. The molecule has 3 atom stereocenters. The van der Waals surface area contributed by atoms with Crippen LogP contribution in [0.3, 0.4) is 0 Å². The van der Waals surface area contributed by atoms with Crippen LogP contribution in [0.2, 0.25) is 0 Å². The molecule has 10 heteroatoms. The molecule has 2 aliphatic rings. The lowest BCUT2D eigenvalue weighted by molar-refractivity contribution is -0.895. The smallest absolute Gasteiger partial charge is 0.289 e. The van der Waals surface area contributed by atoms with Crippen molar-refractivity contribution in [3.05, 3.63) is 0 Å². The van der Waals surface area contributed by atoms with Crippen LogP contribution >= 0.6 is 0 Å². The van der Waals surface area contributed by atoms with Gasteiger partial charge in [-0.1, -0.05) is 53.9 Å². The van der Waals surface area contributed by atoms with Gasteiger partial charge < -0.3 is 25.8 Å². The molecular weight excluding hydrogens is 498 g/mol. The number of piperidine rings is 1. The van der Waals surface area contributed by atoms with Crippen LogP contribution in [0.15, 0.2) is 0 Å². The highest BCUT2D eigenvalue weighted by Crippen LogP contribution is 2.24. The number of hydrogen-bond acceptors (Lipinski definition) is 5. The van der Waals surface area contributed by atoms with Crippen molar-refractivity contribution >= 4 is 29.4 Å². The number of quaternary nitrogens is 1. The number of carbonyl (C=O) groups is 5. The van der Waals surface area contributed by atoms with Gasteiger partial charge in [0.15, 0.2) is 0 Å². The first-order valence-corrected chi connectivity index (χ1v) is 14.6. The van der Waals surface area contributed by atoms with Gasteiger partial charge in [0.2, 0.25) is 23.5 Å². The first kappa shape index (κ1) is 32.7. The third-order valence-electron chi connectivity index (χ3n) is 8.11. The topological polar surface area (TPSA) is 133 Å². The number of carbonyl (C=O) groups excluding carboxylic acids is 5. The molecule has 10 nitrogen and oxygen atoms in total. The molecule has 0 aromatic rings. The van der Waals surface area contributed by atoms with Crippen molar-refractivity contribution < 1.29 is 28.5 Å². The standard InChI is InChI=1S/C29H51N5O5/c1-18(2)22(23(35)27(38)31-21-12-10-9-11-13-21)32-25(36)19(3)30-28(39)24(29(4,5)6)33-26(37)20-14-16-34(7,8)17-15-20/h18-22,24H,9-17H2,1-8H3,(H3-,30,31,32,33,36,37,38,39)/p+1/t19-,22-,24+/m0/s1. The summed E-state index contributed by atoms with van der Waals surface area (Å²) in [7, 11) is 4.29. The van der Waals surface area contributed by atoms with Gasteiger partial charge >= 0.3 is 0 Å². The van der Waals surface area contributed by atoms with E-state index < -0.39 is 47.0 Å². The van der Waals surface area contributed by atoms with Crippen molar-refractivity contribution in [2.45, 2.75) is 111 Å². The van der Waals surface area contributed by atoms with Crippen LogP contribution in [0.5, 0.6) is 0 Å². The van der Waals surface area contributed by atoms with E-state index in [4.69, 9.17) is 0 Å². The maximum absolute atomic E-state index is 13.3. The highest BCUT2D eigenvalue weighted by Gasteiger charge is 2.38. The maximum atomic E-state index is 13.3. The minimum Gasteiger partial charge on any atom is -0.347 e. The molecule has 39 heavy (non-hydrogen) atoms. The van der Waals surface area contributed by atoms with Crippen molar-refractivity contribution in [3.8, 4) is 0 Å². The molecule has 1 saturated carbocycles. The van der Waals surface area contributed by atoms with Crippen molar-refractivity contribution in [3.63, 3.8) is 0 Å². The minimum absolute atomic E-state index is 0.0133. The molecule has 0 radical (unpaired) electrons. The molecule has 2 rings (SSSR count). The molecule has 4 amide bonds. The van der Waals surface area contributed by atoms with Crippen LogP contribution in [0, 0.1) is 17.3 Å². The molecule has 2 fully saturated rings. The molecular formula is C29H52N5O5+. The zero-order valence-electron chi connectivity index (χ0n) is 25.3. The summed E-state index contributed by atoms with van der Waals surface area (Å²) in [5.74, 6) is -3.00. The van der Waals surface area contributed by atoms with Gasteiger partial charge in [0.1, 0.15) is 12.1 Å². The Hall–Kier alpha value is -2.49. The molecule has 1 heterocycles. The SMILES string of the molecule is CC(C)[C@H](NC(=O)[C@H](C)NC(=O)[C@@H](NC(=O)C1CC[N+](C)(C)CC1)C(C)(C)C)C(=O)C(=O)NC1CCCCC1. The van der Waals surface area contributed by atoms with E-state index in [0.717, 1.165) is 62.5 Å². The number of rotatable bonds is 10. The number of amides is 4. The number of nitrogens with one attached hydrogen (secondary N) is 4. The fourth-order valence-corrected chi connectivity index (χ4v) is 5.28. The van der Waals surface area contributed by atoms with E-state index in [1.807, 2.05) is 20.8 Å². The zero-order chi connectivity index (χ0) is 29.5. The lowest BCUT2D eigenvalue weighted by Gasteiger charge is -2.38. The summed E-state index contributed by atoms with van der Waals surface area (Å²) >= 11 is 0. The second kappa shape index (κ2) is 13.7. The van der Waals surface area contributed by atoms with Crippen molar-refractivity contribution in [1.29, 1.82) is 0 Å². The molecule has 4 N–H and O–H groups in total. The highest BCUT2D eigenvalue weighted by molar-refractivity contribution is 6.38. The van der Waals surface area contributed by atoms with Crippen LogP contribution in [-0.2, 0) is 24.0 Å². The summed E-state index contributed by atoms with van der Waals surface area (Å²) in [5, 5.41) is 11.1. The monoisotopic (exact) mass is 550 g/mol. The number of Topliss-reactive ketones (excluding diaryl/α,β-unsaturated/α-hetero) is 1. The van der Waals surface area contributed by atoms with Gasteiger partial charge in [-0.05, 0) is 31.1 Å². The van der Waals surface area contributed by atoms with Crippen molar-refractivity contribution in [2.24, 2.45) is 17.3 Å². The van der Waals surface area contributed by atoms with E-state index in [1.165, 1.54) is 6.92 Å². The lowest BCUT2D eigenvalue weighted by atomic mass is 9.85. The van der Waals surface area contributed by atoms with E-state index in [0.29, 0.717) is 0 Å². The Morgan fingerprint density at radius 3 is 1.85 bits per heavy atom. The zero-order valence-corrected chi connectivity index (χ0v) is 25.3. The average Bonchev–Trinajstić information content (AvgIpc) is 2.84. The van der Waals surface area contributed by atoms with E-state index in [9.17, 15) is 24.0 Å². The van der Waals surface area contributed by atoms with Crippen molar-refractivity contribution in [2.75, 3.05) is 27.2 Å². The molecule has 1 aliphatic heterocycles. The van der Waals surface area contributed by atoms with Crippen LogP contribution in [0.1, 0.15) is 86.5 Å². The van der Waals surface area contributed by atoms with Gasteiger partial charge in [0.05, 0.1) is 33.2 Å². The molecule has 0 unspecified atom stereocenters. The van der Waals surface area contributed by atoms with Crippen molar-refractivity contribution in [1.82, 2.24) is 21.3 Å². The van der Waals surface area contributed by atoms with E-state index in [2.05, 4.69) is 35.4 Å². The van der Waals surface area contributed by atoms with Crippen LogP contribution in [0.25, 0.3) is 0 Å². The summed E-state index contributed by atoms with van der Waals surface area (Å²) in [6.45, 7) is 12.4. The first-order chi connectivity index (χ1) is 18.0. The van der Waals surface area contributed by atoms with Gasteiger partial charge in [0, 0.05) is 24.8 Å².